The van der Waals surface area contributed by atoms with Crippen molar-refractivity contribution in [3.63, 3.8) is 0 Å². The molecular weight excluding hydrogens is 348 g/mol. The minimum atomic E-state index is -0.784. The van der Waals surface area contributed by atoms with E-state index in [0.29, 0.717) is 31.7 Å². The van der Waals surface area contributed by atoms with Crippen LogP contribution < -0.4 is 5.32 Å². The maximum absolute atomic E-state index is 12.1. The lowest BCUT2D eigenvalue weighted by Crippen LogP contribution is -2.38. The molecule has 0 bridgehead atoms. The van der Waals surface area contributed by atoms with E-state index in [1.165, 1.54) is 0 Å². The molecule has 154 valence electrons. The standard InChI is InChI=1S/C20H34N2O5/c1-14-8-10-15(11-9-14)17(23)12-13-22-16(19(26)21-20(22)27)6-4-2-3-5-7-18(24)25/h14-17,23H,2-13H2,1H3,(H,24,25)(H,21,26,27)/t14-,15+,16?,17?. The van der Waals surface area contributed by atoms with Crippen LogP contribution in [0, 0.1) is 11.8 Å². The van der Waals surface area contributed by atoms with Crippen LogP contribution in [0.25, 0.3) is 0 Å². The quantitative estimate of drug-likeness (QED) is 0.376. The zero-order valence-corrected chi connectivity index (χ0v) is 16.4. The number of rotatable bonds is 11. The fraction of sp³-hybridized carbons (Fsp3) is 0.850. The Kier molecular flexibility index (Phi) is 8.54. The third kappa shape index (κ3) is 6.79. The molecule has 27 heavy (non-hydrogen) atoms. The number of aliphatic hydroxyl groups is 1. The van der Waals surface area contributed by atoms with Crippen LogP contribution in [0.5, 0.6) is 0 Å². The molecule has 0 aromatic rings. The Bertz CT molecular complexity index is 517. The number of aliphatic carboxylic acids is 1. The van der Waals surface area contributed by atoms with Gasteiger partial charge in [-0.15, -0.1) is 0 Å². The third-order valence-electron chi connectivity index (χ3n) is 6.06. The molecule has 0 aromatic heterocycles. The van der Waals surface area contributed by atoms with Gasteiger partial charge in [0.1, 0.15) is 6.04 Å². The highest BCUT2D eigenvalue weighted by atomic mass is 16.4. The molecule has 0 radical (unpaired) electrons. The maximum atomic E-state index is 12.1. The number of aliphatic hydroxyl groups excluding tert-OH is 1. The zero-order chi connectivity index (χ0) is 19.8. The average molecular weight is 383 g/mol. The number of urea groups is 1. The maximum Gasteiger partial charge on any atom is 0.324 e. The first kappa shape index (κ1) is 21.7. The molecule has 1 saturated heterocycles. The number of imide groups is 1. The van der Waals surface area contributed by atoms with Gasteiger partial charge in [0.15, 0.2) is 0 Å². The van der Waals surface area contributed by atoms with Crippen molar-refractivity contribution in [2.24, 2.45) is 11.8 Å². The molecular formula is C20H34N2O5. The van der Waals surface area contributed by atoms with Gasteiger partial charge in [-0.2, -0.15) is 0 Å². The van der Waals surface area contributed by atoms with E-state index < -0.39 is 18.1 Å². The van der Waals surface area contributed by atoms with Crippen molar-refractivity contribution in [2.45, 2.75) is 89.7 Å². The molecule has 1 heterocycles. The highest BCUT2D eigenvalue weighted by Crippen LogP contribution is 2.31. The van der Waals surface area contributed by atoms with E-state index in [1.54, 1.807) is 4.90 Å². The Morgan fingerprint density at radius 1 is 1.15 bits per heavy atom. The van der Waals surface area contributed by atoms with Crippen molar-refractivity contribution >= 4 is 17.9 Å². The Balaban J connectivity index is 1.73. The van der Waals surface area contributed by atoms with Crippen molar-refractivity contribution < 1.29 is 24.6 Å². The summed E-state index contributed by atoms with van der Waals surface area (Å²) in [5.74, 6) is -0.00926. The molecule has 1 aliphatic heterocycles. The smallest absolute Gasteiger partial charge is 0.324 e. The molecule has 2 fully saturated rings. The van der Waals surface area contributed by atoms with Crippen LogP contribution in [0.4, 0.5) is 4.79 Å². The summed E-state index contributed by atoms with van der Waals surface area (Å²) >= 11 is 0. The van der Waals surface area contributed by atoms with E-state index in [1.807, 2.05) is 0 Å². The van der Waals surface area contributed by atoms with E-state index in [4.69, 9.17) is 5.11 Å². The van der Waals surface area contributed by atoms with E-state index >= 15 is 0 Å². The second-order valence-corrected chi connectivity index (χ2v) is 8.23. The monoisotopic (exact) mass is 382 g/mol. The molecule has 3 amide bonds. The van der Waals surface area contributed by atoms with Crippen LogP contribution in [0.2, 0.25) is 0 Å². The van der Waals surface area contributed by atoms with Gasteiger partial charge in [0.05, 0.1) is 6.10 Å². The zero-order valence-electron chi connectivity index (χ0n) is 16.4. The summed E-state index contributed by atoms with van der Waals surface area (Å²) in [5.41, 5.74) is 0. The molecule has 2 atom stereocenters. The molecule has 0 spiro atoms. The number of carboxylic acids is 1. The van der Waals surface area contributed by atoms with E-state index in [2.05, 4.69) is 12.2 Å². The van der Waals surface area contributed by atoms with Crippen LogP contribution in [-0.4, -0.2) is 51.7 Å². The third-order valence-corrected chi connectivity index (χ3v) is 6.06. The van der Waals surface area contributed by atoms with Gasteiger partial charge in [-0.25, -0.2) is 4.79 Å². The van der Waals surface area contributed by atoms with Crippen molar-refractivity contribution in [3.05, 3.63) is 0 Å². The largest absolute Gasteiger partial charge is 0.481 e. The molecule has 2 rings (SSSR count). The molecule has 3 N–H and O–H groups in total. The summed E-state index contributed by atoms with van der Waals surface area (Å²) in [6, 6.07) is -0.823. The number of unbranched alkanes of at least 4 members (excludes halogenated alkanes) is 3. The van der Waals surface area contributed by atoms with Gasteiger partial charge >= 0.3 is 12.0 Å². The minimum absolute atomic E-state index is 0.173. The number of carbonyl (C=O) groups is 3. The Labute approximate surface area is 161 Å². The van der Waals surface area contributed by atoms with Crippen LogP contribution in [0.1, 0.15) is 77.6 Å². The highest BCUT2D eigenvalue weighted by molar-refractivity contribution is 6.04. The van der Waals surface area contributed by atoms with Crippen molar-refractivity contribution in [2.75, 3.05) is 6.54 Å². The van der Waals surface area contributed by atoms with E-state index in [-0.39, 0.29) is 18.4 Å². The summed E-state index contributed by atoms with van der Waals surface area (Å²) in [6.45, 7) is 2.64. The molecule has 7 nitrogen and oxygen atoms in total. The molecule has 1 aliphatic carbocycles. The summed E-state index contributed by atoms with van der Waals surface area (Å²) in [4.78, 5) is 36.2. The first-order valence-electron chi connectivity index (χ1n) is 10.4. The lowest BCUT2D eigenvalue weighted by Gasteiger charge is -2.31. The van der Waals surface area contributed by atoms with Gasteiger partial charge in [-0.05, 0) is 43.9 Å². The normalized spacial score (nSPS) is 26.9. The predicted molar refractivity (Wildman–Crippen MR) is 101 cm³/mol. The molecule has 0 aromatic carbocycles. The first-order valence-corrected chi connectivity index (χ1v) is 10.4. The number of nitrogens with zero attached hydrogens (tertiary/aromatic N) is 1. The van der Waals surface area contributed by atoms with Crippen LogP contribution in [-0.2, 0) is 9.59 Å². The second kappa shape index (κ2) is 10.6. The SMILES string of the molecule is C[C@H]1CC[C@@H](C(O)CCN2C(=O)NC(=O)C2CCCCCCC(=O)O)CC1. The highest BCUT2D eigenvalue weighted by Gasteiger charge is 2.38. The molecule has 2 unspecified atom stereocenters. The number of carboxylic acid groups (broad SMARTS) is 1. The number of amides is 3. The first-order chi connectivity index (χ1) is 12.9. The van der Waals surface area contributed by atoms with Gasteiger partial charge in [0.2, 0.25) is 0 Å². The molecule has 2 aliphatic rings. The summed E-state index contributed by atoms with van der Waals surface area (Å²) in [7, 11) is 0. The fourth-order valence-electron chi connectivity index (χ4n) is 4.23. The van der Waals surface area contributed by atoms with Gasteiger partial charge in [0.25, 0.3) is 5.91 Å². The van der Waals surface area contributed by atoms with Gasteiger partial charge < -0.3 is 15.1 Å². The van der Waals surface area contributed by atoms with Crippen molar-refractivity contribution in [1.82, 2.24) is 10.2 Å². The van der Waals surface area contributed by atoms with E-state index in [0.717, 1.165) is 50.9 Å². The van der Waals surface area contributed by atoms with Crippen molar-refractivity contribution in [1.29, 1.82) is 0 Å². The Hall–Kier alpha value is -1.63. The lowest BCUT2D eigenvalue weighted by molar-refractivity contribution is -0.137. The summed E-state index contributed by atoms with van der Waals surface area (Å²) < 4.78 is 0. The van der Waals surface area contributed by atoms with Crippen molar-refractivity contribution in [3.8, 4) is 0 Å². The minimum Gasteiger partial charge on any atom is -0.481 e. The number of carbonyl (C=O) groups excluding carboxylic acids is 2. The summed E-state index contributed by atoms with van der Waals surface area (Å²) in [5, 5.41) is 21.5. The van der Waals surface area contributed by atoms with Gasteiger partial charge in [0, 0.05) is 13.0 Å². The van der Waals surface area contributed by atoms with E-state index in [9.17, 15) is 19.5 Å². The molecule has 7 heteroatoms. The van der Waals surface area contributed by atoms with Crippen LogP contribution >= 0.6 is 0 Å². The number of hydrogen-bond acceptors (Lipinski definition) is 4. The van der Waals surface area contributed by atoms with Gasteiger partial charge in [-0.1, -0.05) is 39.0 Å². The Morgan fingerprint density at radius 2 is 1.81 bits per heavy atom. The van der Waals surface area contributed by atoms with Crippen LogP contribution in [0.15, 0.2) is 0 Å². The Morgan fingerprint density at radius 3 is 2.48 bits per heavy atom. The predicted octanol–water partition coefficient (Wildman–Crippen LogP) is 2.91. The topological polar surface area (TPSA) is 107 Å². The fourth-order valence-corrected chi connectivity index (χ4v) is 4.23. The summed E-state index contributed by atoms with van der Waals surface area (Å²) in [6.07, 6.45) is 8.30. The number of hydrogen-bond donors (Lipinski definition) is 3. The average Bonchev–Trinajstić information content (AvgIpc) is 2.89. The number of nitrogens with one attached hydrogen (secondary N) is 1. The van der Waals surface area contributed by atoms with Gasteiger partial charge in [-0.3, -0.25) is 14.9 Å². The lowest BCUT2D eigenvalue weighted by atomic mass is 9.79. The second-order valence-electron chi connectivity index (χ2n) is 8.23. The van der Waals surface area contributed by atoms with Crippen LogP contribution in [0.3, 0.4) is 0 Å². The molecule has 1 saturated carbocycles.